The molecule has 0 amide bonds. The van der Waals surface area contributed by atoms with Crippen molar-refractivity contribution >= 4 is 0 Å². The van der Waals surface area contributed by atoms with Gasteiger partial charge in [-0.05, 0) is 25.7 Å². The predicted octanol–water partition coefficient (Wildman–Crippen LogP) is 1.16. The van der Waals surface area contributed by atoms with Crippen LogP contribution in [-0.2, 0) is 4.74 Å². The smallest absolute Gasteiger partial charge is 0.0975 e. The largest absolute Gasteiger partial charge is 0.386 e. The second-order valence-corrected chi connectivity index (χ2v) is 5.06. The first-order valence-electron chi connectivity index (χ1n) is 5.53. The van der Waals surface area contributed by atoms with Crippen molar-refractivity contribution in [3.05, 3.63) is 0 Å². The lowest BCUT2D eigenvalue weighted by Gasteiger charge is -2.24. The second-order valence-electron chi connectivity index (χ2n) is 5.06. The van der Waals surface area contributed by atoms with E-state index in [1.54, 1.807) is 0 Å². The van der Waals surface area contributed by atoms with Crippen LogP contribution in [0.25, 0.3) is 0 Å². The van der Waals surface area contributed by atoms with E-state index in [1.807, 2.05) is 6.92 Å². The highest BCUT2D eigenvalue weighted by molar-refractivity contribution is 4.85. The van der Waals surface area contributed by atoms with E-state index in [0.29, 0.717) is 25.1 Å². The Morgan fingerprint density at radius 1 is 1.50 bits per heavy atom. The molecule has 1 rings (SSSR count). The predicted molar refractivity (Wildman–Crippen MR) is 57.3 cm³/mol. The molecule has 3 nitrogen and oxygen atoms in total. The Balaban J connectivity index is 2.05. The number of ether oxygens (including phenoxy) is 1. The van der Waals surface area contributed by atoms with Crippen LogP contribution in [-0.4, -0.2) is 36.5 Å². The molecule has 2 N–H and O–H groups in total. The molecule has 0 heterocycles. The van der Waals surface area contributed by atoms with Gasteiger partial charge in [0.2, 0.25) is 0 Å². The Bertz CT molecular complexity index is 165. The molecular weight excluding hydrogens is 178 g/mol. The van der Waals surface area contributed by atoms with E-state index in [-0.39, 0.29) is 0 Å². The van der Waals surface area contributed by atoms with Crippen molar-refractivity contribution in [2.75, 3.05) is 19.8 Å². The van der Waals surface area contributed by atoms with Gasteiger partial charge in [-0.1, -0.05) is 13.8 Å². The third-order valence-electron chi connectivity index (χ3n) is 2.21. The van der Waals surface area contributed by atoms with Crippen LogP contribution < -0.4 is 5.32 Å². The number of hydrogen-bond acceptors (Lipinski definition) is 3. The van der Waals surface area contributed by atoms with Crippen LogP contribution in [0.3, 0.4) is 0 Å². The quantitative estimate of drug-likeness (QED) is 0.649. The fraction of sp³-hybridized carbons (Fsp3) is 1.00. The average molecular weight is 201 g/mol. The molecule has 0 bridgehead atoms. The Morgan fingerprint density at radius 3 is 2.64 bits per heavy atom. The number of aliphatic hydroxyl groups is 1. The zero-order valence-electron chi connectivity index (χ0n) is 9.55. The van der Waals surface area contributed by atoms with Crippen molar-refractivity contribution in [1.82, 2.24) is 5.32 Å². The van der Waals surface area contributed by atoms with E-state index in [9.17, 15) is 5.11 Å². The maximum Gasteiger partial charge on any atom is 0.0975 e. The maximum atomic E-state index is 9.92. The van der Waals surface area contributed by atoms with Crippen molar-refractivity contribution in [1.29, 1.82) is 0 Å². The third kappa shape index (κ3) is 5.58. The first-order chi connectivity index (χ1) is 6.49. The SMILES string of the molecule is CC(C)COCC(C)(O)CNC1CC1. The molecule has 0 saturated heterocycles. The minimum atomic E-state index is -0.725. The molecule has 1 aliphatic rings. The fourth-order valence-electron chi connectivity index (χ4n) is 1.22. The molecule has 1 unspecified atom stereocenters. The second kappa shape index (κ2) is 5.10. The van der Waals surface area contributed by atoms with Gasteiger partial charge in [0, 0.05) is 19.2 Å². The van der Waals surface area contributed by atoms with Crippen LogP contribution in [0, 0.1) is 5.92 Å². The monoisotopic (exact) mass is 201 g/mol. The fourth-order valence-corrected chi connectivity index (χ4v) is 1.22. The molecule has 0 aromatic carbocycles. The summed E-state index contributed by atoms with van der Waals surface area (Å²) in [5.74, 6) is 0.530. The van der Waals surface area contributed by atoms with Gasteiger partial charge in [0.25, 0.3) is 0 Å². The van der Waals surface area contributed by atoms with Gasteiger partial charge in [-0.15, -0.1) is 0 Å². The lowest BCUT2D eigenvalue weighted by molar-refractivity contribution is -0.0386. The summed E-state index contributed by atoms with van der Waals surface area (Å²) in [4.78, 5) is 0. The molecular formula is C11H23NO2. The molecule has 3 heteroatoms. The topological polar surface area (TPSA) is 41.5 Å². The minimum absolute atomic E-state index is 0.422. The highest BCUT2D eigenvalue weighted by Crippen LogP contribution is 2.19. The van der Waals surface area contributed by atoms with E-state index >= 15 is 0 Å². The van der Waals surface area contributed by atoms with E-state index in [1.165, 1.54) is 12.8 Å². The van der Waals surface area contributed by atoms with Crippen molar-refractivity contribution in [2.45, 2.75) is 45.3 Å². The summed E-state index contributed by atoms with van der Waals surface area (Å²) in [6.07, 6.45) is 2.51. The zero-order valence-corrected chi connectivity index (χ0v) is 9.55. The molecule has 0 aromatic rings. The third-order valence-corrected chi connectivity index (χ3v) is 2.21. The molecule has 84 valence electrons. The summed E-state index contributed by atoms with van der Waals surface area (Å²) >= 11 is 0. The van der Waals surface area contributed by atoms with E-state index in [0.717, 1.165) is 6.61 Å². The number of hydrogen-bond donors (Lipinski definition) is 2. The molecule has 1 fully saturated rings. The van der Waals surface area contributed by atoms with Crippen LogP contribution in [0.4, 0.5) is 0 Å². The minimum Gasteiger partial charge on any atom is -0.386 e. The molecule has 0 radical (unpaired) electrons. The summed E-state index contributed by atoms with van der Waals surface area (Å²) in [6.45, 7) is 7.82. The van der Waals surface area contributed by atoms with Crippen molar-refractivity contribution < 1.29 is 9.84 Å². The summed E-state index contributed by atoms with van der Waals surface area (Å²) < 4.78 is 5.42. The van der Waals surface area contributed by atoms with Gasteiger partial charge in [0.05, 0.1) is 12.2 Å². The van der Waals surface area contributed by atoms with E-state index in [2.05, 4.69) is 19.2 Å². The summed E-state index contributed by atoms with van der Waals surface area (Å²) in [5, 5.41) is 13.2. The van der Waals surface area contributed by atoms with Gasteiger partial charge in [0.15, 0.2) is 0 Å². The van der Waals surface area contributed by atoms with Gasteiger partial charge < -0.3 is 15.2 Å². The summed E-state index contributed by atoms with van der Waals surface area (Å²) in [7, 11) is 0. The van der Waals surface area contributed by atoms with Crippen molar-refractivity contribution in [3.63, 3.8) is 0 Å². The molecule has 0 aliphatic heterocycles. The lowest BCUT2D eigenvalue weighted by Crippen LogP contribution is -2.42. The van der Waals surface area contributed by atoms with E-state index in [4.69, 9.17) is 4.74 Å². The Hall–Kier alpha value is -0.120. The van der Waals surface area contributed by atoms with Crippen molar-refractivity contribution in [2.24, 2.45) is 5.92 Å². The van der Waals surface area contributed by atoms with Gasteiger partial charge in [-0.25, -0.2) is 0 Å². The summed E-state index contributed by atoms with van der Waals surface area (Å²) in [5.41, 5.74) is -0.725. The van der Waals surface area contributed by atoms with Crippen LogP contribution in [0.2, 0.25) is 0 Å². The maximum absolute atomic E-state index is 9.92. The summed E-state index contributed by atoms with van der Waals surface area (Å²) in [6, 6.07) is 0.645. The van der Waals surface area contributed by atoms with Gasteiger partial charge in [-0.3, -0.25) is 0 Å². The standard InChI is InChI=1S/C11H23NO2/c1-9(2)6-14-8-11(3,13)7-12-10-4-5-10/h9-10,12-13H,4-8H2,1-3H3. The van der Waals surface area contributed by atoms with Crippen LogP contribution >= 0.6 is 0 Å². The van der Waals surface area contributed by atoms with Crippen LogP contribution in [0.1, 0.15) is 33.6 Å². The highest BCUT2D eigenvalue weighted by atomic mass is 16.5. The average Bonchev–Trinajstić information content (AvgIpc) is 2.82. The van der Waals surface area contributed by atoms with Gasteiger partial charge >= 0.3 is 0 Å². The normalized spacial score (nSPS) is 21.2. The van der Waals surface area contributed by atoms with Gasteiger partial charge in [-0.2, -0.15) is 0 Å². The zero-order chi connectivity index (χ0) is 10.6. The Labute approximate surface area is 86.8 Å². The first kappa shape index (κ1) is 12.0. The number of nitrogens with one attached hydrogen (secondary N) is 1. The number of rotatable bonds is 7. The molecule has 1 atom stereocenters. The Morgan fingerprint density at radius 2 is 2.14 bits per heavy atom. The van der Waals surface area contributed by atoms with E-state index < -0.39 is 5.60 Å². The first-order valence-corrected chi connectivity index (χ1v) is 5.53. The molecule has 0 spiro atoms. The molecule has 1 saturated carbocycles. The molecule has 14 heavy (non-hydrogen) atoms. The highest BCUT2D eigenvalue weighted by Gasteiger charge is 2.26. The molecule has 1 aliphatic carbocycles. The Kier molecular flexibility index (Phi) is 4.35. The van der Waals surface area contributed by atoms with Gasteiger partial charge in [0.1, 0.15) is 0 Å². The van der Waals surface area contributed by atoms with Crippen molar-refractivity contribution in [3.8, 4) is 0 Å². The van der Waals surface area contributed by atoms with Crippen LogP contribution in [0.5, 0.6) is 0 Å². The van der Waals surface area contributed by atoms with Crippen LogP contribution in [0.15, 0.2) is 0 Å². The lowest BCUT2D eigenvalue weighted by atomic mass is 10.1. The molecule has 0 aromatic heterocycles.